The van der Waals surface area contributed by atoms with Crippen molar-refractivity contribution in [2.24, 2.45) is 0 Å². The predicted molar refractivity (Wildman–Crippen MR) is 58.0 cm³/mol. The fourth-order valence-corrected chi connectivity index (χ4v) is 1.19. The Morgan fingerprint density at radius 3 is 2.88 bits per heavy atom. The highest BCUT2D eigenvalue weighted by molar-refractivity contribution is 6.29. The van der Waals surface area contributed by atoms with E-state index in [0.717, 1.165) is 0 Å². The van der Waals surface area contributed by atoms with Gasteiger partial charge in [-0.25, -0.2) is 4.98 Å². The number of nitrogens with zero attached hydrogens (tertiary/aromatic N) is 3. The molecule has 0 fully saturated rings. The lowest BCUT2D eigenvalue weighted by molar-refractivity contribution is 0.101. The number of aromatic nitrogens is 4. The Morgan fingerprint density at radius 1 is 1.44 bits per heavy atom. The first kappa shape index (κ1) is 10.4. The van der Waals surface area contributed by atoms with Crippen molar-refractivity contribution in [3.8, 4) is 0 Å². The molecule has 2 aromatic rings. The molecule has 8 heteroatoms. The van der Waals surface area contributed by atoms with Gasteiger partial charge in [0.25, 0.3) is 5.91 Å². The average molecular weight is 239 g/mol. The summed E-state index contributed by atoms with van der Waals surface area (Å²) < 4.78 is 0. The molecule has 2 aromatic heterocycles. The lowest BCUT2D eigenvalue weighted by Gasteiger charge is -2.01. The molecule has 2 heterocycles. The Kier molecular flexibility index (Phi) is 2.69. The Hall–Kier alpha value is -2.15. The summed E-state index contributed by atoms with van der Waals surface area (Å²) in [6, 6.07) is 4.87. The third-order valence-corrected chi connectivity index (χ3v) is 1.88. The van der Waals surface area contributed by atoms with Gasteiger partial charge in [0.1, 0.15) is 11.0 Å². The first-order valence-corrected chi connectivity index (χ1v) is 4.65. The minimum Gasteiger partial charge on any atom is -0.366 e. The minimum absolute atomic E-state index is 0.00389. The van der Waals surface area contributed by atoms with Crippen molar-refractivity contribution in [3.63, 3.8) is 0 Å². The van der Waals surface area contributed by atoms with Crippen LogP contribution in [-0.2, 0) is 0 Å². The molecule has 7 nitrogen and oxygen atoms in total. The van der Waals surface area contributed by atoms with Gasteiger partial charge >= 0.3 is 0 Å². The van der Waals surface area contributed by atoms with Crippen LogP contribution in [0.3, 0.4) is 0 Å². The number of hydrogen-bond donors (Lipinski definition) is 3. The van der Waals surface area contributed by atoms with E-state index in [1.165, 1.54) is 0 Å². The van der Waals surface area contributed by atoms with Gasteiger partial charge in [0.2, 0.25) is 11.8 Å². The summed E-state index contributed by atoms with van der Waals surface area (Å²) in [6.07, 6.45) is 0. The molecular weight excluding hydrogens is 232 g/mol. The molecule has 0 atom stereocenters. The number of nitrogens with one attached hydrogen (secondary N) is 2. The van der Waals surface area contributed by atoms with E-state index < -0.39 is 5.91 Å². The summed E-state index contributed by atoms with van der Waals surface area (Å²) in [5.41, 5.74) is 5.26. The van der Waals surface area contributed by atoms with Gasteiger partial charge in [-0.2, -0.15) is 4.98 Å². The Labute approximate surface area is 95.0 Å². The number of carbonyl (C=O) groups is 1. The average Bonchev–Trinajstić information content (AvgIpc) is 2.65. The van der Waals surface area contributed by atoms with Gasteiger partial charge in [0, 0.05) is 0 Å². The van der Waals surface area contributed by atoms with Gasteiger partial charge in [-0.3, -0.25) is 9.89 Å². The molecule has 0 aliphatic heterocycles. The number of H-pyrrole nitrogens is 1. The van der Waals surface area contributed by atoms with E-state index in [4.69, 9.17) is 17.3 Å². The molecule has 82 valence electrons. The molecule has 0 saturated heterocycles. The topological polar surface area (TPSA) is 110 Å². The molecule has 0 aliphatic carbocycles. The first-order chi connectivity index (χ1) is 7.65. The fraction of sp³-hybridized carbons (Fsp3) is 0. The second kappa shape index (κ2) is 4.15. The van der Waals surface area contributed by atoms with Crippen molar-refractivity contribution < 1.29 is 4.79 Å². The number of aromatic amines is 1. The van der Waals surface area contributed by atoms with Gasteiger partial charge < -0.3 is 11.1 Å². The highest BCUT2D eigenvalue weighted by atomic mass is 35.5. The van der Waals surface area contributed by atoms with Gasteiger partial charge in [0.05, 0.1) is 0 Å². The second-order valence-corrected chi connectivity index (χ2v) is 3.23. The maximum Gasteiger partial charge on any atom is 0.294 e. The van der Waals surface area contributed by atoms with Crippen LogP contribution in [0, 0.1) is 0 Å². The van der Waals surface area contributed by atoms with E-state index >= 15 is 0 Å². The maximum absolute atomic E-state index is 11.6. The number of hydrogen-bond acceptors (Lipinski definition) is 5. The van der Waals surface area contributed by atoms with Crippen LogP contribution in [0.4, 0.5) is 11.8 Å². The van der Waals surface area contributed by atoms with Crippen LogP contribution in [0.25, 0.3) is 0 Å². The van der Waals surface area contributed by atoms with Crippen LogP contribution in [0.15, 0.2) is 18.2 Å². The molecule has 0 bridgehead atoms. The molecule has 16 heavy (non-hydrogen) atoms. The summed E-state index contributed by atoms with van der Waals surface area (Å²) in [4.78, 5) is 19.1. The van der Waals surface area contributed by atoms with Crippen molar-refractivity contribution in [1.29, 1.82) is 0 Å². The SMILES string of the molecule is Nc1n[nH]c(C(=O)Nc2cccc(Cl)n2)n1. The van der Waals surface area contributed by atoms with E-state index in [2.05, 4.69) is 25.5 Å². The largest absolute Gasteiger partial charge is 0.366 e. The van der Waals surface area contributed by atoms with Crippen LogP contribution >= 0.6 is 11.6 Å². The highest BCUT2D eigenvalue weighted by Gasteiger charge is 2.11. The molecule has 0 radical (unpaired) electrons. The van der Waals surface area contributed by atoms with E-state index in [9.17, 15) is 4.79 Å². The molecular formula is C8H7ClN6O. The summed E-state index contributed by atoms with van der Waals surface area (Å²) in [5, 5.41) is 8.69. The van der Waals surface area contributed by atoms with Crippen molar-refractivity contribution in [3.05, 3.63) is 29.2 Å². The summed E-state index contributed by atoms with van der Waals surface area (Å²) in [5.74, 6) is -0.144. The van der Waals surface area contributed by atoms with Gasteiger partial charge in [0.15, 0.2) is 0 Å². The molecule has 4 N–H and O–H groups in total. The van der Waals surface area contributed by atoms with Crippen molar-refractivity contribution in [2.75, 3.05) is 11.1 Å². The number of nitrogens with two attached hydrogens (primary N) is 1. The van der Waals surface area contributed by atoms with Crippen LogP contribution in [0.2, 0.25) is 5.15 Å². The monoisotopic (exact) mass is 238 g/mol. The Balaban J connectivity index is 2.13. The van der Waals surface area contributed by atoms with Crippen molar-refractivity contribution in [1.82, 2.24) is 20.2 Å². The summed E-state index contributed by atoms with van der Waals surface area (Å²) in [6.45, 7) is 0. The number of amides is 1. The number of pyridine rings is 1. The third kappa shape index (κ3) is 2.26. The van der Waals surface area contributed by atoms with Crippen molar-refractivity contribution in [2.45, 2.75) is 0 Å². The Bertz CT molecular complexity index is 525. The standard InChI is InChI=1S/C8H7ClN6O/c9-4-2-1-3-5(11-4)12-7(16)6-13-8(10)15-14-6/h1-3H,(H,11,12,16)(H3,10,13,14,15). The lowest BCUT2D eigenvalue weighted by Crippen LogP contribution is -2.14. The third-order valence-electron chi connectivity index (χ3n) is 1.67. The molecule has 0 aromatic carbocycles. The van der Waals surface area contributed by atoms with E-state index in [1.54, 1.807) is 18.2 Å². The van der Waals surface area contributed by atoms with Crippen LogP contribution in [-0.4, -0.2) is 26.1 Å². The van der Waals surface area contributed by atoms with Crippen LogP contribution < -0.4 is 11.1 Å². The van der Waals surface area contributed by atoms with E-state index in [-0.39, 0.29) is 16.9 Å². The lowest BCUT2D eigenvalue weighted by atomic mass is 10.4. The van der Waals surface area contributed by atoms with Crippen LogP contribution in [0.5, 0.6) is 0 Å². The number of rotatable bonds is 2. The molecule has 0 aliphatic rings. The Morgan fingerprint density at radius 2 is 2.25 bits per heavy atom. The summed E-state index contributed by atoms with van der Waals surface area (Å²) >= 11 is 5.66. The molecule has 2 rings (SSSR count). The van der Waals surface area contributed by atoms with Gasteiger partial charge in [-0.15, -0.1) is 5.10 Å². The van der Waals surface area contributed by atoms with E-state index in [0.29, 0.717) is 5.82 Å². The molecule has 0 unspecified atom stereocenters. The maximum atomic E-state index is 11.6. The summed E-state index contributed by atoms with van der Waals surface area (Å²) in [7, 11) is 0. The number of nitrogen functional groups attached to an aromatic ring is 1. The minimum atomic E-state index is -0.487. The zero-order valence-corrected chi connectivity index (χ0v) is 8.69. The number of anilines is 2. The van der Waals surface area contributed by atoms with Crippen LogP contribution in [0.1, 0.15) is 10.6 Å². The van der Waals surface area contributed by atoms with Gasteiger partial charge in [-0.1, -0.05) is 17.7 Å². The van der Waals surface area contributed by atoms with Gasteiger partial charge in [-0.05, 0) is 12.1 Å². The first-order valence-electron chi connectivity index (χ1n) is 4.27. The zero-order chi connectivity index (χ0) is 11.5. The number of halogens is 1. The molecule has 0 saturated carbocycles. The molecule has 0 spiro atoms. The normalized spacial score (nSPS) is 10.1. The zero-order valence-electron chi connectivity index (χ0n) is 7.94. The second-order valence-electron chi connectivity index (χ2n) is 2.84. The smallest absolute Gasteiger partial charge is 0.294 e. The molecule has 1 amide bonds. The van der Waals surface area contributed by atoms with E-state index in [1.807, 2.05) is 0 Å². The van der Waals surface area contributed by atoms with Crippen molar-refractivity contribution >= 4 is 29.3 Å². The number of carbonyl (C=O) groups excluding carboxylic acids is 1. The predicted octanol–water partition coefficient (Wildman–Crippen LogP) is 0.688. The highest BCUT2D eigenvalue weighted by Crippen LogP contribution is 2.09. The quantitative estimate of drug-likeness (QED) is 0.667. The fourth-order valence-electron chi connectivity index (χ4n) is 1.03.